The lowest BCUT2D eigenvalue weighted by Gasteiger charge is -2.12. The Balaban J connectivity index is 2.45. The predicted molar refractivity (Wildman–Crippen MR) is 68.4 cm³/mol. The SMILES string of the molecule is Cc1ccccc1Nc1nc(C(F)(F)F)ccc1C#N. The highest BCUT2D eigenvalue weighted by Crippen LogP contribution is 2.30. The minimum atomic E-state index is -4.55. The number of anilines is 2. The number of aryl methyl sites for hydroxylation is 1. The molecule has 0 radical (unpaired) electrons. The van der Waals surface area contributed by atoms with E-state index in [0.29, 0.717) is 5.69 Å². The number of alkyl halides is 3. The van der Waals surface area contributed by atoms with E-state index in [9.17, 15) is 13.2 Å². The van der Waals surface area contributed by atoms with E-state index >= 15 is 0 Å². The van der Waals surface area contributed by atoms with Crippen molar-refractivity contribution in [2.75, 3.05) is 5.32 Å². The van der Waals surface area contributed by atoms with E-state index in [0.717, 1.165) is 17.7 Å². The maximum absolute atomic E-state index is 12.6. The molecular formula is C14H10F3N3. The lowest BCUT2D eigenvalue weighted by molar-refractivity contribution is -0.141. The molecule has 0 atom stereocenters. The van der Waals surface area contributed by atoms with Gasteiger partial charge in [-0.1, -0.05) is 18.2 Å². The van der Waals surface area contributed by atoms with Crippen LogP contribution in [0, 0.1) is 18.3 Å². The van der Waals surface area contributed by atoms with Crippen molar-refractivity contribution in [2.45, 2.75) is 13.1 Å². The van der Waals surface area contributed by atoms with Crippen molar-refractivity contribution in [1.29, 1.82) is 5.26 Å². The van der Waals surface area contributed by atoms with Crippen LogP contribution in [0.25, 0.3) is 0 Å². The molecule has 6 heteroatoms. The summed E-state index contributed by atoms with van der Waals surface area (Å²) in [5.74, 6) is -0.100. The van der Waals surface area contributed by atoms with Crippen LogP contribution in [0.1, 0.15) is 16.8 Å². The molecule has 0 saturated heterocycles. The predicted octanol–water partition coefficient (Wildman–Crippen LogP) is 4.02. The molecular weight excluding hydrogens is 267 g/mol. The minimum Gasteiger partial charge on any atom is -0.339 e. The third kappa shape index (κ3) is 2.88. The Hall–Kier alpha value is -2.55. The van der Waals surface area contributed by atoms with Crippen LogP contribution in [0.2, 0.25) is 0 Å². The first-order valence-corrected chi connectivity index (χ1v) is 5.73. The number of nitrogens with one attached hydrogen (secondary N) is 1. The van der Waals surface area contributed by atoms with Crippen LogP contribution in [-0.4, -0.2) is 4.98 Å². The molecule has 0 aliphatic rings. The Kier molecular flexibility index (Phi) is 3.61. The molecule has 3 nitrogen and oxygen atoms in total. The number of nitriles is 1. The number of pyridine rings is 1. The molecule has 0 aliphatic heterocycles. The van der Waals surface area contributed by atoms with Crippen molar-refractivity contribution in [3.8, 4) is 6.07 Å². The first-order chi connectivity index (χ1) is 9.41. The van der Waals surface area contributed by atoms with E-state index in [4.69, 9.17) is 5.26 Å². The first kappa shape index (κ1) is 13.9. The standard InChI is InChI=1S/C14H10F3N3/c1-9-4-2-3-5-11(9)19-13-10(8-18)6-7-12(20-13)14(15,16)17/h2-7H,1H3,(H,19,20). The van der Waals surface area contributed by atoms with Crippen molar-refractivity contribution in [3.05, 3.63) is 53.2 Å². The number of rotatable bonds is 2. The molecule has 0 bridgehead atoms. The molecule has 0 unspecified atom stereocenters. The van der Waals surface area contributed by atoms with E-state index in [1.807, 2.05) is 25.1 Å². The zero-order valence-electron chi connectivity index (χ0n) is 10.5. The van der Waals surface area contributed by atoms with Gasteiger partial charge in [-0.25, -0.2) is 4.98 Å². The molecule has 0 spiro atoms. The van der Waals surface area contributed by atoms with Crippen LogP contribution >= 0.6 is 0 Å². The third-order valence-corrected chi connectivity index (χ3v) is 2.70. The summed E-state index contributed by atoms with van der Waals surface area (Å²) < 4.78 is 37.9. The maximum Gasteiger partial charge on any atom is 0.433 e. The highest BCUT2D eigenvalue weighted by atomic mass is 19.4. The van der Waals surface area contributed by atoms with Crippen LogP contribution in [-0.2, 0) is 6.18 Å². The molecule has 1 aromatic carbocycles. The third-order valence-electron chi connectivity index (χ3n) is 2.70. The summed E-state index contributed by atoms with van der Waals surface area (Å²) in [5, 5.41) is 11.7. The molecule has 0 saturated carbocycles. The van der Waals surface area contributed by atoms with Crippen LogP contribution < -0.4 is 5.32 Å². The Morgan fingerprint density at radius 1 is 1.15 bits per heavy atom. The molecule has 2 rings (SSSR count). The Morgan fingerprint density at radius 3 is 2.45 bits per heavy atom. The van der Waals surface area contributed by atoms with Crippen molar-refractivity contribution < 1.29 is 13.2 Å². The van der Waals surface area contributed by atoms with Crippen LogP contribution in [0.4, 0.5) is 24.7 Å². The largest absolute Gasteiger partial charge is 0.433 e. The fourth-order valence-corrected chi connectivity index (χ4v) is 1.64. The fourth-order valence-electron chi connectivity index (χ4n) is 1.64. The van der Waals surface area contributed by atoms with Crippen molar-refractivity contribution in [1.82, 2.24) is 4.98 Å². The average molecular weight is 277 g/mol. The van der Waals surface area contributed by atoms with Gasteiger partial charge in [0.2, 0.25) is 0 Å². The van der Waals surface area contributed by atoms with E-state index in [1.165, 1.54) is 0 Å². The number of halogens is 3. The van der Waals surface area contributed by atoms with Crippen LogP contribution in [0.15, 0.2) is 36.4 Å². The molecule has 20 heavy (non-hydrogen) atoms. The Morgan fingerprint density at radius 2 is 1.85 bits per heavy atom. The van der Waals surface area contributed by atoms with Gasteiger partial charge in [0, 0.05) is 5.69 Å². The highest BCUT2D eigenvalue weighted by Gasteiger charge is 2.33. The summed E-state index contributed by atoms with van der Waals surface area (Å²) >= 11 is 0. The van der Waals surface area contributed by atoms with Crippen LogP contribution in [0.3, 0.4) is 0 Å². The summed E-state index contributed by atoms with van der Waals surface area (Å²) in [5.41, 5.74) is 0.472. The molecule has 0 aliphatic carbocycles. The first-order valence-electron chi connectivity index (χ1n) is 5.73. The van der Waals surface area contributed by atoms with Crippen LogP contribution in [0.5, 0.6) is 0 Å². The molecule has 102 valence electrons. The summed E-state index contributed by atoms with van der Waals surface area (Å²) in [6.45, 7) is 1.81. The maximum atomic E-state index is 12.6. The van der Waals surface area contributed by atoms with Gasteiger partial charge in [-0.05, 0) is 30.7 Å². The lowest BCUT2D eigenvalue weighted by atomic mass is 10.2. The molecule has 1 aromatic heterocycles. The average Bonchev–Trinajstić information content (AvgIpc) is 2.40. The Bertz CT molecular complexity index is 672. The number of para-hydroxylation sites is 1. The topological polar surface area (TPSA) is 48.7 Å². The molecule has 1 N–H and O–H groups in total. The smallest absolute Gasteiger partial charge is 0.339 e. The fraction of sp³-hybridized carbons (Fsp3) is 0.143. The number of hydrogen-bond acceptors (Lipinski definition) is 3. The minimum absolute atomic E-state index is 0.0567. The van der Waals surface area contributed by atoms with Gasteiger partial charge in [-0.3, -0.25) is 0 Å². The van der Waals surface area contributed by atoms with Gasteiger partial charge in [0.15, 0.2) is 0 Å². The lowest BCUT2D eigenvalue weighted by Crippen LogP contribution is -2.10. The highest BCUT2D eigenvalue weighted by molar-refractivity contribution is 5.65. The number of nitrogens with zero attached hydrogens (tertiary/aromatic N) is 2. The number of benzene rings is 1. The van der Waals surface area contributed by atoms with Gasteiger partial charge < -0.3 is 5.32 Å². The summed E-state index contributed by atoms with van der Waals surface area (Å²) in [4.78, 5) is 3.49. The summed E-state index contributed by atoms with van der Waals surface area (Å²) in [6.07, 6.45) is -4.55. The summed E-state index contributed by atoms with van der Waals surface area (Å²) in [6, 6.07) is 10.8. The Labute approximate surface area is 113 Å². The second-order valence-corrected chi connectivity index (χ2v) is 4.14. The van der Waals surface area contributed by atoms with E-state index in [2.05, 4.69) is 10.3 Å². The second-order valence-electron chi connectivity index (χ2n) is 4.14. The van der Waals surface area contributed by atoms with Gasteiger partial charge in [-0.2, -0.15) is 18.4 Å². The quantitative estimate of drug-likeness (QED) is 0.901. The van der Waals surface area contributed by atoms with E-state index in [-0.39, 0.29) is 11.4 Å². The second kappa shape index (κ2) is 5.21. The summed E-state index contributed by atoms with van der Waals surface area (Å²) in [7, 11) is 0. The molecule has 1 heterocycles. The van der Waals surface area contributed by atoms with E-state index < -0.39 is 11.9 Å². The van der Waals surface area contributed by atoms with Crippen molar-refractivity contribution in [2.24, 2.45) is 0 Å². The molecule has 0 amide bonds. The van der Waals surface area contributed by atoms with Gasteiger partial charge in [0.05, 0.1) is 5.56 Å². The zero-order chi connectivity index (χ0) is 14.8. The van der Waals surface area contributed by atoms with Crippen molar-refractivity contribution >= 4 is 11.5 Å². The zero-order valence-corrected chi connectivity index (χ0v) is 10.5. The van der Waals surface area contributed by atoms with Gasteiger partial charge in [0.1, 0.15) is 17.6 Å². The van der Waals surface area contributed by atoms with Gasteiger partial charge >= 0.3 is 6.18 Å². The monoisotopic (exact) mass is 277 g/mol. The normalized spacial score (nSPS) is 10.9. The number of aromatic nitrogens is 1. The molecule has 2 aromatic rings. The van der Waals surface area contributed by atoms with Crippen molar-refractivity contribution in [3.63, 3.8) is 0 Å². The van der Waals surface area contributed by atoms with E-state index in [1.54, 1.807) is 12.1 Å². The van der Waals surface area contributed by atoms with Gasteiger partial charge in [0.25, 0.3) is 0 Å². The van der Waals surface area contributed by atoms with Gasteiger partial charge in [-0.15, -0.1) is 0 Å². The number of hydrogen-bond donors (Lipinski definition) is 1. The molecule has 0 fully saturated rings.